The van der Waals surface area contributed by atoms with Crippen molar-refractivity contribution in [2.75, 3.05) is 50.1 Å². The number of fused-ring (bicyclic) bond motifs is 1. The van der Waals surface area contributed by atoms with Crippen molar-refractivity contribution in [3.05, 3.63) is 40.3 Å². The van der Waals surface area contributed by atoms with Gasteiger partial charge in [0.1, 0.15) is 16.8 Å². The summed E-state index contributed by atoms with van der Waals surface area (Å²) in [7, 11) is 1.69. The molecule has 1 saturated heterocycles. The average Bonchev–Trinajstić information content (AvgIpc) is 3.29. The molecule has 0 spiro atoms. The van der Waals surface area contributed by atoms with Crippen LogP contribution in [0.5, 0.6) is 5.75 Å². The number of amides is 1. The van der Waals surface area contributed by atoms with Crippen LogP contribution in [-0.4, -0.2) is 50.6 Å². The Morgan fingerprint density at radius 3 is 2.79 bits per heavy atom. The Labute approximate surface area is 169 Å². The highest BCUT2D eigenvalue weighted by Crippen LogP contribution is 2.38. The molecule has 146 valence electrons. The molecule has 0 unspecified atom stereocenters. The zero-order chi connectivity index (χ0) is 19.5. The molecule has 1 aliphatic carbocycles. The predicted octanol–water partition coefficient (Wildman–Crippen LogP) is 2.88. The predicted molar refractivity (Wildman–Crippen MR) is 111 cm³/mol. The van der Waals surface area contributed by atoms with Crippen molar-refractivity contribution < 1.29 is 9.53 Å². The van der Waals surface area contributed by atoms with Gasteiger partial charge >= 0.3 is 0 Å². The summed E-state index contributed by atoms with van der Waals surface area (Å²) >= 11 is 1.57. The minimum Gasteiger partial charge on any atom is -0.495 e. The lowest BCUT2D eigenvalue weighted by Gasteiger charge is -2.36. The summed E-state index contributed by atoms with van der Waals surface area (Å²) in [5.74, 6) is 0.839. The summed E-state index contributed by atoms with van der Waals surface area (Å²) in [6.45, 7) is 3.69. The Kier molecular flexibility index (Phi) is 5.51. The second-order valence-electron chi connectivity index (χ2n) is 7.16. The Morgan fingerprint density at radius 2 is 2.04 bits per heavy atom. The van der Waals surface area contributed by atoms with Crippen molar-refractivity contribution >= 4 is 27.9 Å². The summed E-state index contributed by atoms with van der Waals surface area (Å²) in [5, 5.41) is 13.2. The molecular formula is C21H24N4O2S. The highest BCUT2D eigenvalue weighted by Gasteiger charge is 2.25. The van der Waals surface area contributed by atoms with Crippen molar-refractivity contribution in [2.45, 2.75) is 19.3 Å². The minimum atomic E-state index is -0.0397. The van der Waals surface area contributed by atoms with Crippen molar-refractivity contribution in [3.8, 4) is 11.8 Å². The number of aryl methyl sites for hydroxylation is 1. The number of para-hydroxylation sites is 2. The fourth-order valence-corrected chi connectivity index (χ4v) is 5.27. The number of nitrogens with zero attached hydrogens (tertiary/aromatic N) is 3. The lowest BCUT2D eigenvalue weighted by atomic mass is 10.1. The topological polar surface area (TPSA) is 68.6 Å². The summed E-state index contributed by atoms with van der Waals surface area (Å²) in [6, 6.07) is 10.3. The molecule has 2 aromatic rings. The third kappa shape index (κ3) is 3.71. The first-order valence-electron chi connectivity index (χ1n) is 9.64. The van der Waals surface area contributed by atoms with Crippen LogP contribution in [0, 0.1) is 11.3 Å². The Bertz CT molecular complexity index is 910. The van der Waals surface area contributed by atoms with Crippen molar-refractivity contribution in [1.82, 2.24) is 4.90 Å². The van der Waals surface area contributed by atoms with Gasteiger partial charge in [-0.15, -0.1) is 11.3 Å². The number of hydrogen-bond acceptors (Lipinski definition) is 6. The van der Waals surface area contributed by atoms with Gasteiger partial charge in [-0.25, -0.2) is 0 Å². The van der Waals surface area contributed by atoms with Crippen LogP contribution in [0.1, 0.15) is 22.4 Å². The molecule has 0 saturated carbocycles. The molecule has 7 heteroatoms. The number of benzene rings is 1. The molecular weight excluding hydrogens is 372 g/mol. The molecule has 2 heterocycles. The summed E-state index contributed by atoms with van der Waals surface area (Å²) < 4.78 is 5.46. The largest absolute Gasteiger partial charge is 0.495 e. The smallest absolute Gasteiger partial charge is 0.239 e. The third-order valence-electron chi connectivity index (χ3n) is 5.45. The maximum Gasteiger partial charge on any atom is 0.239 e. The van der Waals surface area contributed by atoms with E-state index >= 15 is 0 Å². The van der Waals surface area contributed by atoms with Gasteiger partial charge < -0.3 is 15.0 Å². The highest BCUT2D eigenvalue weighted by molar-refractivity contribution is 7.16. The molecule has 0 atom stereocenters. The zero-order valence-electron chi connectivity index (χ0n) is 16.0. The van der Waals surface area contributed by atoms with E-state index in [9.17, 15) is 10.1 Å². The lowest BCUT2D eigenvalue weighted by Crippen LogP contribution is -2.48. The molecule has 1 aliphatic heterocycles. The zero-order valence-corrected chi connectivity index (χ0v) is 16.8. The Balaban J connectivity index is 1.33. The van der Waals surface area contributed by atoms with Gasteiger partial charge in [0.15, 0.2) is 0 Å². The van der Waals surface area contributed by atoms with E-state index in [-0.39, 0.29) is 5.91 Å². The van der Waals surface area contributed by atoms with E-state index in [0.29, 0.717) is 12.1 Å². The molecule has 6 nitrogen and oxygen atoms in total. The quantitative estimate of drug-likeness (QED) is 0.842. The normalized spacial score (nSPS) is 16.5. The molecule has 28 heavy (non-hydrogen) atoms. The molecule has 1 fully saturated rings. The van der Waals surface area contributed by atoms with Gasteiger partial charge in [-0.05, 0) is 37.0 Å². The van der Waals surface area contributed by atoms with E-state index in [4.69, 9.17) is 4.74 Å². The first kappa shape index (κ1) is 18.8. The molecule has 2 aliphatic rings. The van der Waals surface area contributed by atoms with Crippen LogP contribution in [0.25, 0.3) is 0 Å². The summed E-state index contributed by atoms with van der Waals surface area (Å²) in [6.07, 6.45) is 3.09. The first-order chi connectivity index (χ1) is 13.7. The van der Waals surface area contributed by atoms with Gasteiger partial charge in [-0.3, -0.25) is 9.69 Å². The lowest BCUT2D eigenvalue weighted by molar-refractivity contribution is -0.117. The van der Waals surface area contributed by atoms with Crippen LogP contribution < -0.4 is 15.0 Å². The number of nitrogens with one attached hydrogen (secondary N) is 1. The SMILES string of the molecule is COc1ccccc1N1CCN(CC(=O)Nc2sc3c(c2C#N)CCC3)CC1. The minimum absolute atomic E-state index is 0.0397. The van der Waals surface area contributed by atoms with E-state index in [1.165, 1.54) is 4.88 Å². The van der Waals surface area contributed by atoms with Crippen molar-refractivity contribution in [2.24, 2.45) is 0 Å². The number of methoxy groups -OCH3 is 1. The van der Waals surface area contributed by atoms with Gasteiger partial charge in [0.05, 0.1) is 24.9 Å². The maximum absolute atomic E-state index is 12.5. The number of ether oxygens (including phenoxy) is 1. The van der Waals surface area contributed by atoms with E-state index in [0.717, 1.165) is 67.4 Å². The third-order valence-corrected chi connectivity index (χ3v) is 6.66. The van der Waals surface area contributed by atoms with Crippen molar-refractivity contribution in [3.63, 3.8) is 0 Å². The summed E-state index contributed by atoms with van der Waals surface area (Å²) in [5.41, 5.74) is 2.92. The standard InChI is InChI=1S/C21H24N4O2S/c1-27-18-7-3-2-6-17(18)25-11-9-24(10-12-25)14-20(26)23-21-16(13-22)15-5-4-8-19(15)28-21/h2-3,6-7H,4-5,8-12,14H2,1H3,(H,23,26). The average molecular weight is 397 g/mol. The molecule has 1 aromatic carbocycles. The number of piperazine rings is 1. The number of hydrogen-bond donors (Lipinski definition) is 1. The Morgan fingerprint density at radius 1 is 1.25 bits per heavy atom. The maximum atomic E-state index is 12.5. The fraction of sp³-hybridized carbons (Fsp3) is 0.429. The van der Waals surface area contributed by atoms with E-state index in [2.05, 4.69) is 27.3 Å². The summed E-state index contributed by atoms with van der Waals surface area (Å²) in [4.78, 5) is 18.3. The van der Waals surface area contributed by atoms with Crippen molar-refractivity contribution in [1.29, 1.82) is 5.26 Å². The first-order valence-corrected chi connectivity index (χ1v) is 10.5. The second kappa shape index (κ2) is 8.21. The van der Waals surface area contributed by atoms with Crippen LogP contribution in [0.2, 0.25) is 0 Å². The van der Waals surface area contributed by atoms with Gasteiger partial charge in [-0.2, -0.15) is 5.26 Å². The van der Waals surface area contributed by atoms with Gasteiger partial charge in [0.2, 0.25) is 5.91 Å². The molecule has 1 N–H and O–H groups in total. The van der Waals surface area contributed by atoms with Gasteiger partial charge in [0, 0.05) is 31.1 Å². The van der Waals surface area contributed by atoms with Crippen LogP contribution >= 0.6 is 11.3 Å². The van der Waals surface area contributed by atoms with E-state index in [1.807, 2.05) is 18.2 Å². The van der Waals surface area contributed by atoms with E-state index in [1.54, 1.807) is 18.4 Å². The van der Waals surface area contributed by atoms with Crippen LogP contribution in [0.15, 0.2) is 24.3 Å². The van der Waals surface area contributed by atoms with E-state index < -0.39 is 0 Å². The second-order valence-corrected chi connectivity index (χ2v) is 8.26. The number of rotatable bonds is 5. The van der Waals surface area contributed by atoms with Crippen LogP contribution in [-0.2, 0) is 17.6 Å². The number of anilines is 2. The highest BCUT2D eigenvalue weighted by atomic mass is 32.1. The van der Waals surface area contributed by atoms with Crippen LogP contribution in [0.3, 0.4) is 0 Å². The number of carbonyl (C=O) groups excluding carboxylic acids is 1. The number of carbonyl (C=O) groups is 1. The van der Waals surface area contributed by atoms with Gasteiger partial charge in [-0.1, -0.05) is 12.1 Å². The molecule has 4 rings (SSSR count). The fourth-order valence-electron chi connectivity index (χ4n) is 4.02. The van der Waals surface area contributed by atoms with Gasteiger partial charge in [0.25, 0.3) is 0 Å². The number of nitriles is 1. The molecule has 1 aromatic heterocycles. The molecule has 0 bridgehead atoms. The van der Waals surface area contributed by atoms with Crippen LogP contribution in [0.4, 0.5) is 10.7 Å². The monoisotopic (exact) mass is 396 g/mol. The Hall–Kier alpha value is -2.56. The number of thiophene rings is 1. The molecule has 0 radical (unpaired) electrons. The molecule has 1 amide bonds.